The molecule has 0 aliphatic heterocycles. The zero-order valence-corrected chi connectivity index (χ0v) is 21.2. The smallest absolute Gasteiger partial charge is 0.184 e. The summed E-state index contributed by atoms with van der Waals surface area (Å²) in [4.78, 5) is 5.84. The molecule has 3 aromatic rings. The van der Waals surface area contributed by atoms with Crippen LogP contribution in [0, 0.1) is 37.9 Å². The Bertz CT molecular complexity index is 1170. The number of nitrogens with one attached hydrogen (secondary N) is 1. The first-order valence-electron chi connectivity index (χ1n) is 10.7. The second kappa shape index (κ2) is 10.8. The van der Waals surface area contributed by atoms with Gasteiger partial charge in [0, 0.05) is 16.4 Å². The van der Waals surface area contributed by atoms with Crippen molar-refractivity contribution in [2.75, 3.05) is 12.4 Å². The van der Waals surface area contributed by atoms with Crippen LogP contribution in [-0.2, 0) is 0 Å². The van der Waals surface area contributed by atoms with Crippen molar-refractivity contribution in [1.82, 2.24) is 4.98 Å². The number of ether oxygens (including phenoxy) is 1. The predicted molar refractivity (Wildman–Crippen MR) is 139 cm³/mol. The van der Waals surface area contributed by atoms with Crippen LogP contribution in [0.5, 0.6) is 5.75 Å². The Morgan fingerprint density at radius 2 is 2.03 bits per heavy atom. The molecule has 1 heterocycles. The molecule has 1 saturated carbocycles. The molecule has 0 amide bonds. The molecule has 1 fully saturated rings. The summed E-state index contributed by atoms with van der Waals surface area (Å²) < 4.78 is 19.6. The van der Waals surface area contributed by atoms with E-state index in [4.69, 9.17) is 27.7 Å². The summed E-state index contributed by atoms with van der Waals surface area (Å²) in [6, 6.07) is 10.7. The number of aromatic nitrogens is 1. The minimum atomic E-state index is -0.289. The summed E-state index contributed by atoms with van der Waals surface area (Å²) >= 11 is 8.02. The molecule has 7 heteroatoms. The van der Waals surface area contributed by atoms with Gasteiger partial charge < -0.3 is 10.1 Å². The highest BCUT2D eigenvalue weighted by Crippen LogP contribution is 2.42. The summed E-state index contributed by atoms with van der Waals surface area (Å²) in [6.07, 6.45) is 9.32. The molecule has 1 aromatic heterocycles. The first-order chi connectivity index (χ1) is 15.4. The summed E-state index contributed by atoms with van der Waals surface area (Å²) in [5, 5.41) is 4.77. The normalized spacial score (nSPS) is 14.7. The summed E-state index contributed by atoms with van der Waals surface area (Å²) in [5.74, 6) is 4.07. The molecule has 0 bridgehead atoms. The lowest BCUT2D eigenvalue weighted by atomic mass is 9.86. The first kappa shape index (κ1) is 25.4. The summed E-state index contributed by atoms with van der Waals surface area (Å²) in [6.45, 7) is 3.79. The fourth-order valence-electron chi connectivity index (χ4n) is 3.93. The Kier molecular flexibility index (Phi) is 8.28. The quantitative estimate of drug-likeness (QED) is 0.320. The first-order valence-corrected chi connectivity index (χ1v) is 11.9. The van der Waals surface area contributed by atoms with Gasteiger partial charge in [0.25, 0.3) is 0 Å². The third kappa shape index (κ3) is 5.81. The lowest BCUT2D eigenvalue weighted by molar-refractivity contribution is 0.415. The van der Waals surface area contributed by atoms with Crippen molar-refractivity contribution in [1.29, 1.82) is 0 Å². The molecule has 2 unspecified atom stereocenters. The second-order valence-corrected chi connectivity index (χ2v) is 9.96. The number of halogens is 3. The van der Waals surface area contributed by atoms with Crippen molar-refractivity contribution in [3.8, 4) is 29.4 Å². The molecule has 3 nitrogen and oxygen atoms in total. The number of hydrogen-bond acceptors (Lipinski definition) is 4. The van der Waals surface area contributed by atoms with E-state index < -0.39 is 0 Å². The monoisotopic (exact) mass is 504 g/mol. The van der Waals surface area contributed by atoms with E-state index >= 15 is 0 Å². The van der Waals surface area contributed by atoms with Crippen LogP contribution in [0.1, 0.15) is 41.2 Å². The van der Waals surface area contributed by atoms with Crippen LogP contribution in [0.2, 0.25) is 5.02 Å². The van der Waals surface area contributed by atoms with Crippen LogP contribution in [0.25, 0.3) is 11.3 Å². The number of methoxy groups -OCH3 is 1. The standard InChI is InChI=1S/C26H26ClFN2OS.ClH/c1-5-24(21(12-17-7-8-17)18-9-6-15(2)23(28)13-18)29-26-30-25(16(3)32-26)20-11-10-19(31-4)14-22(20)27;/h1,6,9-11,13-14,17,21,24H,7-8,12H2,2-4H3,(H,29,30);1H. The van der Waals surface area contributed by atoms with E-state index in [-0.39, 0.29) is 30.2 Å². The van der Waals surface area contributed by atoms with Crippen LogP contribution in [0.15, 0.2) is 36.4 Å². The molecule has 2 atom stereocenters. The average molecular weight is 505 g/mol. The third-order valence-corrected chi connectivity index (χ3v) is 7.21. The largest absolute Gasteiger partial charge is 0.497 e. The SMILES string of the molecule is C#CC(Nc1nc(-c2ccc(OC)cc2Cl)c(C)s1)C(CC1CC1)c1ccc(C)c(F)c1.Cl. The van der Waals surface area contributed by atoms with Gasteiger partial charge in [-0.2, -0.15) is 0 Å². The average Bonchev–Trinajstić information content (AvgIpc) is 3.53. The number of thiazole rings is 1. The number of anilines is 1. The van der Waals surface area contributed by atoms with Gasteiger partial charge in [-0.05, 0) is 61.6 Å². The van der Waals surface area contributed by atoms with Gasteiger partial charge in [-0.3, -0.25) is 0 Å². The van der Waals surface area contributed by atoms with Crippen LogP contribution < -0.4 is 10.1 Å². The van der Waals surface area contributed by atoms with Gasteiger partial charge in [0.05, 0.1) is 23.9 Å². The number of terminal acetylenes is 1. The van der Waals surface area contributed by atoms with Crippen molar-refractivity contribution < 1.29 is 9.13 Å². The minimum absolute atomic E-state index is 0. The fraction of sp³-hybridized carbons (Fsp3) is 0.346. The van der Waals surface area contributed by atoms with Gasteiger partial charge in [-0.25, -0.2) is 9.37 Å². The topological polar surface area (TPSA) is 34.2 Å². The van der Waals surface area contributed by atoms with Crippen molar-refractivity contribution >= 4 is 40.5 Å². The van der Waals surface area contributed by atoms with Gasteiger partial charge in [-0.1, -0.05) is 42.5 Å². The third-order valence-electron chi connectivity index (χ3n) is 6.00. The lowest BCUT2D eigenvalue weighted by Gasteiger charge is -2.25. The predicted octanol–water partition coefficient (Wildman–Crippen LogP) is 7.65. The maximum atomic E-state index is 14.3. The highest BCUT2D eigenvalue weighted by molar-refractivity contribution is 7.16. The minimum Gasteiger partial charge on any atom is -0.497 e. The molecule has 1 aliphatic carbocycles. The molecular weight excluding hydrogens is 478 g/mol. The van der Waals surface area contributed by atoms with Crippen molar-refractivity contribution in [2.24, 2.45) is 5.92 Å². The zero-order valence-electron chi connectivity index (χ0n) is 18.8. The second-order valence-electron chi connectivity index (χ2n) is 8.35. The van der Waals surface area contributed by atoms with Crippen molar-refractivity contribution in [2.45, 2.75) is 45.1 Å². The van der Waals surface area contributed by atoms with Gasteiger partial charge in [-0.15, -0.1) is 30.2 Å². The summed E-state index contributed by atoms with van der Waals surface area (Å²) in [7, 11) is 1.61. The van der Waals surface area contributed by atoms with Gasteiger partial charge >= 0.3 is 0 Å². The molecule has 0 spiro atoms. The molecular formula is C26H27Cl2FN2OS. The van der Waals surface area contributed by atoms with E-state index in [0.29, 0.717) is 22.3 Å². The van der Waals surface area contributed by atoms with Crippen LogP contribution in [0.3, 0.4) is 0 Å². The number of rotatable bonds is 8. The number of hydrogen-bond donors (Lipinski definition) is 1. The zero-order chi connectivity index (χ0) is 22.8. The maximum absolute atomic E-state index is 14.3. The molecule has 1 N–H and O–H groups in total. The highest BCUT2D eigenvalue weighted by atomic mass is 35.5. The Balaban J connectivity index is 0.00000306. The van der Waals surface area contributed by atoms with Gasteiger partial charge in [0.2, 0.25) is 0 Å². The molecule has 174 valence electrons. The Morgan fingerprint density at radius 1 is 1.27 bits per heavy atom. The molecule has 33 heavy (non-hydrogen) atoms. The van der Waals surface area contributed by atoms with E-state index in [1.54, 1.807) is 37.5 Å². The number of aryl methyl sites for hydroxylation is 2. The van der Waals surface area contributed by atoms with Gasteiger partial charge in [0.15, 0.2) is 5.13 Å². The van der Waals surface area contributed by atoms with Crippen molar-refractivity contribution in [3.05, 3.63) is 63.2 Å². The maximum Gasteiger partial charge on any atom is 0.184 e. The van der Waals surface area contributed by atoms with Crippen LogP contribution >= 0.6 is 35.3 Å². The van der Waals surface area contributed by atoms with E-state index in [1.165, 1.54) is 12.8 Å². The lowest BCUT2D eigenvalue weighted by Crippen LogP contribution is -2.26. The Hall–Kier alpha value is -2.26. The Morgan fingerprint density at radius 3 is 2.64 bits per heavy atom. The van der Waals surface area contributed by atoms with Gasteiger partial charge in [0.1, 0.15) is 11.6 Å². The van der Waals surface area contributed by atoms with E-state index in [0.717, 1.165) is 33.3 Å². The molecule has 0 saturated heterocycles. The number of nitrogens with zero attached hydrogens (tertiary/aromatic N) is 1. The summed E-state index contributed by atoms with van der Waals surface area (Å²) in [5.41, 5.74) is 3.24. The Labute approximate surface area is 210 Å². The van der Waals surface area contributed by atoms with Crippen molar-refractivity contribution in [3.63, 3.8) is 0 Å². The van der Waals surface area contributed by atoms with E-state index in [1.807, 2.05) is 31.2 Å². The van der Waals surface area contributed by atoms with Crippen LogP contribution in [-0.4, -0.2) is 18.1 Å². The number of benzene rings is 2. The molecule has 4 rings (SSSR count). The highest BCUT2D eigenvalue weighted by Gasteiger charge is 2.31. The molecule has 2 aromatic carbocycles. The van der Waals surface area contributed by atoms with E-state index in [2.05, 4.69) is 11.2 Å². The molecule has 0 radical (unpaired) electrons. The van der Waals surface area contributed by atoms with E-state index in [9.17, 15) is 4.39 Å². The van der Waals surface area contributed by atoms with Crippen LogP contribution in [0.4, 0.5) is 9.52 Å². The fourth-order valence-corrected chi connectivity index (χ4v) is 5.06. The molecule has 1 aliphatic rings.